The molecule has 3 nitrogen and oxygen atoms in total. The molecule has 0 spiro atoms. The van der Waals surface area contributed by atoms with Gasteiger partial charge in [-0.3, -0.25) is 4.98 Å². The van der Waals surface area contributed by atoms with E-state index in [0.717, 1.165) is 12.2 Å². The maximum Gasteiger partial charge on any atom is 0.0445 e. The van der Waals surface area contributed by atoms with Crippen molar-refractivity contribution >= 4 is 5.69 Å². The van der Waals surface area contributed by atoms with Gasteiger partial charge in [-0.05, 0) is 25.8 Å². The lowest BCUT2D eigenvalue weighted by Crippen LogP contribution is -2.32. The van der Waals surface area contributed by atoms with Crippen LogP contribution in [-0.4, -0.2) is 24.1 Å². The van der Waals surface area contributed by atoms with Crippen LogP contribution >= 0.6 is 0 Å². The molecule has 0 aliphatic heterocycles. The predicted octanol–water partition coefficient (Wildman–Crippen LogP) is 3.51. The molecule has 0 unspecified atom stereocenters. The van der Waals surface area contributed by atoms with Crippen LogP contribution in [0.1, 0.15) is 51.8 Å². The average molecular weight is 263 g/mol. The lowest BCUT2D eigenvalue weighted by atomic mass is 10.1. The molecular formula is C16H29N3. The van der Waals surface area contributed by atoms with Gasteiger partial charge in [0, 0.05) is 48.8 Å². The maximum atomic E-state index is 4.44. The van der Waals surface area contributed by atoms with Crippen molar-refractivity contribution < 1.29 is 0 Å². The highest BCUT2D eigenvalue weighted by molar-refractivity contribution is 5.53. The average Bonchev–Trinajstić information content (AvgIpc) is 2.38. The third-order valence-corrected chi connectivity index (χ3v) is 3.67. The van der Waals surface area contributed by atoms with Crippen molar-refractivity contribution in [3.05, 3.63) is 23.5 Å². The first kappa shape index (κ1) is 16.0. The summed E-state index contributed by atoms with van der Waals surface area (Å²) in [4.78, 5) is 6.85. The summed E-state index contributed by atoms with van der Waals surface area (Å²) >= 11 is 0. The Labute approximate surface area is 118 Å². The molecule has 0 atom stereocenters. The zero-order valence-electron chi connectivity index (χ0n) is 13.3. The van der Waals surface area contributed by atoms with Crippen molar-refractivity contribution in [3.8, 4) is 0 Å². The highest BCUT2D eigenvalue weighted by Crippen LogP contribution is 2.24. The minimum atomic E-state index is 0.493. The highest BCUT2D eigenvalue weighted by Gasteiger charge is 2.15. The van der Waals surface area contributed by atoms with E-state index in [4.69, 9.17) is 0 Å². The summed E-state index contributed by atoms with van der Waals surface area (Å²) < 4.78 is 0. The Kier molecular flexibility index (Phi) is 6.29. The molecule has 1 rings (SSSR count). The van der Waals surface area contributed by atoms with Crippen molar-refractivity contribution in [2.45, 2.75) is 66.1 Å². The normalized spacial score (nSPS) is 11.4. The predicted molar refractivity (Wildman–Crippen MR) is 83.7 cm³/mol. The molecule has 0 bridgehead atoms. The number of rotatable bonds is 7. The van der Waals surface area contributed by atoms with Gasteiger partial charge in [-0.15, -0.1) is 0 Å². The fraction of sp³-hybridized carbons (Fsp3) is 0.688. The van der Waals surface area contributed by atoms with Gasteiger partial charge in [0.15, 0.2) is 0 Å². The zero-order chi connectivity index (χ0) is 14.4. The molecule has 0 saturated carbocycles. The largest absolute Gasteiger partial charge is 0.371 e. The van der Waals surface area contributed by atoms with Gasteiger partial charge in [0.2, 0.25) is 0 Å². The molecule has 108 valence electrons. The number of pyridine rings is 1. The number of anilines is 1. The van der Waals surface area contributed by atoms with Gasteiger partial charge >= 0.3 is 0 Å². The molecule has 0 aliphatic carbocycles. The summed E-state index contributed by atoms with van der Waals surface area (Å²) in [6, 6.07) is 3.29. The van der Waals surface area contributed by atoms with Crippen LogP contribution in [0.4, 0.5) is 5.69 Å². The van der Waals surface area contributed by atoms with E-state index in [0.29, 0.717) is 12.1 Å². The number of aromatic nitrogens is 1. The molecule has 0 aliphatic rings. The first-order chi connectivity index (χ1) is 8.99. The topological polar surface area (TPSA) is 28.2 Å². The summed E-state index contributed by atoms with van der Waals surface area (Å²) in [5.74, 6) is 0. The van der Waals surface area contributed by atoms with Gasteiger partial charge in [-0.1, -0.05) is 27.7 Å². The molecule has 0 saturated heterocycles. The summed E-state index contributed by atoms with van der Waals surface area (Å²) in [7, 11) is 2.20. The Hall–Kier alpha value is -1.09. The Morgan fingerprint density at radius 3 is 2.42 bits per heavy atom. The third kappa shape index (κ3) is 4.50. The van der Waals surface area contributed by atoms with E-state index in [9.17, 15) is 0 Å². The van der Waals surface area contributed by atoms with Crippen LogP contribution in [0.25, 0.3) is 0 Å². The van der Waals surface area contributed by atoms with E-state index in [1.165, 1.54) is 24.1 Å². The highest BCUT2D eigenvalue weighted by atomic mass is 15.1. The lowest BCUT2D eigenvalue weighted by Gasteiger charge is -2.30. The third-order valence-electron chi connectivity index (χ3n) is 3.67. The molecule has 1 N–H and O–H groups in total. The van der Waals surface area contributed by atoms with Crippen LogP contribution in [0.5, 0.6) is 0 Å². The van der Waals surface area contributed by atoms with Crippen molar-refractivity contribution in [3.63, 3.8) is 0 Å². The molecule has 19 heavy (non-hydrogen) atoms. The van der Waals surface area contributed by atoms with Crippen LogP contribution in [0, 0.1) is 6.92 Å². The number of nitrogens with zero attached hydrogens (tertiary/aromatic N) is 2. The fourth-order valence-electron chi connectivity index (χ4n) is 2.39. The van der Waals surface area contributed by atoms with Crippen molar-refractivity contribution in [1.82, 2.24) is 10.3 Å². The standard InChI is InChI=1S/C16H29N3/c1-7-15(8-2)19(6)16-9-13(5)18-11-14(16)10-17-12(3)4/h9,11-12,15,17H,7-8,10H2,1-6H3. The van der Waals surface area contributed by atoms with E-state index in [2.05, 4.69) is 62.9 Å². The maximum absolute atomic E-state index is 4.44. The number of aryl methyl sites for hydroxylation is 1. The molecule has 1 aromatic heterocycles. The monoisotopic (exact) mass is 263 g/mol. The van der Waals surface area contributed by atoms with Gasteiger partial charge in [0.05, 0.1) is 0 Å². The van der Waals surface area contributed by atoms with E-state index in [-0.39, 0.29) is 0 Å². The summed E-state index contributed by atoms with van der Waals surface area (Å²) in [6.07, 6.45) is 4.36. The van der Waals surface area contributed by atoms with Crippen LogP contribution in [0.2, 0.25) is 0 Å². The smallest absolute Gasteiger partial charge is 0.0445 e. The quantitative estimate of drug-likeness (QED) is 0.816. The van der Waals surface area contributed by atoms with Crippen molar-refractivity contribution in [2.24, 2.45) is 0 Å². The molecule has 0 amide bonds. The SMILES string of the molecule is CCC(CC)N(C)c1cc(C)ncc1CNC(C)C. The summed E-state index contributed by atoms with van der Waals surface area (Å²) in [6.45, 7) is 11.8. The molecular weight excluding hydrogens is 234 g/mol. The summed E-state index contributed by atoms with van der Waals surface area (Å²) in [5.41, 5.74) is 3.68. The van der Waals surface area contributed by atoms with E-state index in [1.54, 1.807) is 0 Å². The Bertz CT molecular complexity index is 384. The van der Waals surface area contributed by atoms with Gasteiger partial charge < -0.3 is 10.2 Å². The first-order valence-corrected chi connectivity index (χ1v) is 7.41. The van der Waals surface area contributed by atoms with Crippen LogP contribution in [0.3, 0.4) is 0 Å². The van der Waals surface area contributed by atoms with Gasteiger partial charge in [-0.25, -0.2) is 0 Å². The van der Waals surface area contributed by atoms with E-state index >= 15 is 0 Å². The lowest BCUT2D eigenvalue weighted by molar-refractivity contribution is 0.572. The molecule has 3 heteroatoms. The van der Waals surface area contributed by atoms with Crippen molar-refractivity contribution in [1.29, 1.82) is 0 Å². The zero-order valence-corrected chi connectivity index (χ0v) is 13.3. The van der Waals surface area contributed by atoms with Gasteiger partial charge in [-0.2, -0.15) is 0 Å². The summed E-state index contributed by atoms with van der Waals surface area (Å²) in [5, 5.41) is 3.48. The molecule has 1 aromatic rings. The number of hydrogen-bond donors (Lipinski definition) is 1. The second kappa shape index (κ2) is 7.49. The first-order valence-electron chi connectivity index (χ1n) is 7.41. The molecule has 0 fully saturated rings. The molecule has 0 aromatic carbocycles. The van der Waals surface area contributed by atoms with Gasteiger partial charge in [0.25, 0.3) is 0 Å². The second-order valence-corrected chi connectivity index (χ2v) is 5.57. The molecule has 1 heterocycles. The second-order valence-electron chi connectivity index (χ2n) is 5.57. The minimum absolute atomic E-state index is 0.493. The number of hydrogen-bond acceptors (Lipinski definition) is 3. The van der Waals surface area contributed by atoms with E-state index < -0.39 is 0 Å². The van der Waals surface area contributed by atoms with Crippen molar-refractivity contribution in [2.75, 3.05) is 11.9 Å². The number of nitrogens with one attached hydrogen (secondary N) is 1. The van der Waals surface area contributed by atoms with Crippen LogP contribution in [0.15, 0.2) is 12.3 Å². The minimum Gasteiger partial charge on any atom is -0.371 e. The fourth-order valence-corrected chi connectivity index (χ4v) is 2.39. The van der Waals surface area contributed by atoms with E-state index in [1.807, 2.05) is 6.20 Å². The molecule has 0 radical (unpaired) electrons. The Morgan fingerprint density at radius 1 is 1.26 bits per heavy atom. The van der Waals surface area contributed by atoms with Gasteiger partial charge in [0.1, 0.15) is 0 Å². The Morgan fingerprint density at radius 2 is 1.89 bits per heavy atom. The van der Waals surface area contributed by atoms with Crippen LogP contribution < -0.4 is 10.2 Å². The Balaban J connectivity index is 2.98. The van der Waals surface area contributed by atoms with Crippen LogP contribution in [-0.2, 0) is 6.54 Å².